The highest BCUT2D eigenvalue weighted by molar-refractivity contribution is 7.93. The first-order chi connectivity index (χ1) is 11.4. The molecular weight excluding hydrogens is 330 g/mol. The third kappa shape index (κ3) is 2.86. The van der Waals surface area contributed by atoms with Gasteiger partial charge in [-0.2, -0.15) is 0 Å². The van der Waals surface area contributed by atoms with Crippen LogP contribution in [0.25, 0.3) is 10.9 Å². The monoisotopic (exact) mass is 343 g/mol. The predicted octanol–water partition coefficient (Wildman–Crippen LogP) is 2.32. The second-order valence-corrected chi connectivity index (χ2v) is 6.67. The van der Waals surface area contributed by atoms with Crippen LogP contribution in [-0.2, 0) is 10.0 Å². The second-order valence-electron chi connectivity index (χ2n) is 5.02. The number of nitrogens with zero attached hydrogens (tertiary/aromatic N) is 1. The number of benzene rings is 2. The number of carboxylic acids is 1. The summed E-state index contributed by atoms with van der Waals surface area (Å²) < 4.78 is 27.7. The fraction of sp³-hybridized carbons (Fsp3) is 0. The normalized spacial score (nSPS) is 11.3. The lowest BCUT2D eigenvalue weighted by Gasteiger charge is -2.12. The standard InChI is InChI=1S/C16H13N3O4S/c17-14-9-8-10-4-3-7-13(15(10)18-14)24(22,23)19-12-6-2-1-5-11(12)16(20)21/h1-9,19H,(H2,17,18)(H,20,21). The number of carboxylic acid groups (broad SMARTS) is 1. The van der Waals surface area contributed by atoms with Gasteiger partial charge in [-0.15, -0.1) is 0 Å². The molecule has 0 aliphatic carbocycles. The Morgan fingerprint density at radius 1 is 1.04 bits per heavy atom. The summed E-state index contributed by atoms with van der Waals surface area (Å²) in [5.41, 5.74) is 5.70. The average molecular weight is 343 g/mol. The van der Waals surface area contributed by atoms with Crippen molar-refractivity contribution in [1.82, 2.24) is 4.98 Å². The molecule has 0 spiro atoms. The van der Waals surface area contributed by atoms with Crippen molar-refractivity contribution in [3.8, 4) is 0 Å². The van der Waals surface area contributed by atoms with Gasteiger partial charge in [-0.3, -0.25) is 4.72 Å². The lowest BCUT2D eigenvalue weighted by Crippen LogP contribution is -2.16. The number of fused-ring (bicyclic) bond motifs is 1. The first-order valence-electron chi connectivity index (χ1n) is 6.89. The fourth-order valence-electron chi connectivity index (χ4n) is 2.31. The van der Waals surface area contributed by atoms with Gasteiger partial charge in [-0.25, -0.2) is 18.2 Å². The van der Waals surface area contributed by atoms with Crippen molar-refractivity contribution in [2.45, 2.75) is 4.90 Å². The number of rotatable bonds is 4. The maximum absolute atomic E-state index is 12.7. The Morgan fingerprint density at radius 2 is 1.79 bits per heavy atom. The SMILES string of the molecule is Nc1ccc2cccc(S(=O)(=O)Nc3ccccc3C(=O)O)c2n1. The molecule has 0 fully saturated rings. The fourth-order valence-corrected chi connectivity index (χ4v) is 3.56. The number of hydrogen-bond acceptors (Lipinski definition) is 5. The van der Waals surface area contributed by atoms with E-state index in [4.69, 9.17) is 5.73 Å². The minimum absolute atomic E-state index is 0.0223. The summed E-state index contributed by atoms with van der Waals surface area (Å²) in [4.78, 5) is 15.2. The molecule has 3 aromatic rings. The molecule has 122 valence electrons. The number of pyridine rings is 1. The van der Waals surface area contributed by atoms with Crippen LogP contribution in [0.15, 0.2) is 59.5 Å². The average Bonchev–Trinajstić information content (AvgIpc) is 2.54. The number of aromatic nitrogens is 1. The molecule has 24 heavy (non-hydrogen) atoms. The zero-order chi connectivity index (χ0) is 17.3. The molecule has 4 N–H and O–H groups in total. The van der Waals surface area contributed by atoms with E-state index in [9.17, 15) is 18.3 Å². The van der Waals surface area contributed by atoms with Crippen LogP contribution in [0.1, 0.15) is 10.4 Å². The van der Waals surface area contributed by atoms with Gasteiger partial charge in [-0.1, -0.05) is 24.3 Å². The highest BCUT2D eigenvalue weighted by Gasteiger charge is 2.21. The van der Waals surface area contributed by atoms with Gasteiger partial charge in [0.25, 0.3) is 10.0 Å². The van der Waals surface area contributed by atoms with Crippen molar-refractivity contribution in [3.05, 3.63) is 60.2 Å². The van der Waals surface area contributed by atoms with Crippen LogP contribution in [0, 0.1) is 0 Å². The van der Waals surface area contributed by atoms with Gasteiger partial charge in [0.15, 0.2) is 0 Å². The molecule has 0 saturated carbocycles. The minimum Gasteiger partial charge on any atom is -0.478 e. The van der Waals surface area contributed by atoms with Crippen LogP contribution in [0.3, 0.4) is 0 Å². The summed E-state index contributed by atoms with van der Waals surface area (Å²) in [6.07, 6.45) is 0. The first kappa shape index (κ1) is 15.8. The topological polar surface area (TPSA) is 122 Å². The summed E-state index contributed by atoms with van der Waals surface area (Å²) in [7, 11) is -4.04. The van der Waals surface area contributed by atoms with E-state index < -0.39 is 16.0 Å². The molecule has 1 heterocycles. The van der Waals surface area contributed by atoms with Crippen LogP contribution in [0.5, 0.6) is 0 Å². The van der Waals surface area contributed by atoms with Gasteiger partial charge in [0.05, 0.1) is 16.8 Å². The molecule has 0 saturated heterocycles. The Morgan fingerprint density at radius 3 is 2.54 bits per heavy atom. The van der Waals surface area contributed by atoms with Crippen LogP contribution < -0.4 is 10.5 Å². The highest BCUT2D eigenvalue weighted by atomic mass is 32.2. The number of nitrogens with two attached hydrogens (primary N) is 1. The third-order valence-corrected chi connectivity index (χ3v) is 4.79. The number of para-hydroxylation sites is 2. The van der Waals surface area contributed by atoms with E-state index in [0.29, 0.717) is 5.39 Å². The Bertz CT molecular complexity index is 1050. The quantitative estimate of drug-likeness (QED) is 0.668. The van der Waals surface area contributed by atoms with Crippen LogP contribution in [-0.4, -0.2) is 24.5 Å². The maximum atomic E-state index is 12.7. The predicted molar refractivity (Wildman–Crippen MR) is 90.4 cm³/mol. The largest absolute Gasteiger partial charge is 0.478 e. The number of aromatic carboxylic acids is 1. The molecule has 0 unspecified atom stereocenters. The first-order valence-corrected chi connectivity index (χ1v) is 8.37. The van der Waals surface area contributed by atoms with E-state index in [0.717, 1.165) is 0 Å². The zero-order valence-corrected chi connectivity index (χ0v) is 13.1. The third-order valence-electron chi connectivity index (χ3n) is 3.40. The van der Waals surface area contributed by atoms with Crippen LogP contribution >= 0.6 is 0 Å². The summed E-state index contributed by atoms with van der Waals surface area (Å²) in [6, 6.07) is 13.7. The lowest BCUT2D eigenvalue weighted by molar-refractivity contribution is 0.0698. The van der Waals surface area contributed by atoms with E-state index in [1.165, 1.54) is 24.3 Å². The summed E-state index contributed by atoms with van der Waals surface area (Å²) in [5, 5.41) is 9.79. The molecule has 0 atom stereocenters. The molecule has 2 aromatic carbocycles. The Kier molecular flexibility index (Phi) is 3.82. The number of anilines is 2. The summed E-state index contributed by atoms with van der Waals surface area (Å²) in [6.45, 7) is 0. The molecule has 0 radical (unpaired) electrons. The van der Waals surface area contributed by atoms with Gasteiger partial charge in [-0.05, 0) is 30.3 Å². The number of hydrogen-bond donors (Lipinski definition) is 3. The molecular formula is C16H13N3O4S. The Hall–Kier alpha value is -3.13. The molecule has 7 nitrogen and oxygen atoms in total. The zero-order valence-electron chi connectivity index (χ0n) is 12.3. The van der Waals surface area contributed by atoms with Crippen molar-refractivity contribution in [3.63, 3.8) is 0 Å². The molecule has 0 amide bonds. The molecule has 0 aliphatic heterocycles. The van der Waals surface area contributed by atoms with Crippen molar-refractivity contribution in [2.24, 2.45) is 0 Å². The molecule has 0 aliphatic rings. The second kappa shape index (κ2) is 5.82. The Labute approximate surface area is 137 Å². The summed E-state index contributed by atoms with van der Waals surface area (Å²) >= 11 is 0. The van der Waals surface area contributed by atoms with Gasteiger partial charge in [0, 0.05) is 5.39 Å². The van der Waals surface area contributed by atoms with Crippen molar-refractivity contribution in [1.29, 1.82) is 0 Å². The van der Waals surface area contributed by atoms with Gasteiger partial charge >= 0.3 is 5.97 Å². The van der Waals surface area contributed by atoms with E-state index in [2.05, 4.69) is 9.71 Å². The van der Waals surface area contributed by atoms with E-state index in [1.807, 2.05) is 0 Å². The van der Waals surface area contributed by atoms with E-state index in [1.54, 1.807) is 30.3 Å². The van der Waals surface area contributed by atoms with Gasteiger partial charge < -0.3 is 10.8 Å². The van der Waals surface area contributed by atoms with Crippen molar-refractivity contribution >= 4 is 38.4 Å². The smallest absolute Gasteiger partial charge is 0.337 e. The molecule has 1 aromatic heterocycles. The number of nitrogens with one attached hydrogen (secondary N) is 1. The lowest BCUT2D eigenvalue weighted by atomic mass is 10.2. The van der Waals surface area contributed by atoms with Gasteiger partial charge in [0.1, 0.15) is 10.7 Å². The van der Waals surface area contributed by atoms with E-state index in [-0.39, 0.29) is 27.5 Å². The Balaban J connectivity index is 2.13. The summed E-state index contributed by atoms with van der Waals surface area (Å²) in [5.74, 6) is -1.04. The molecule has 8 heteroatoms. The van der Waals surface area contributed by atoms with Crippen LogP contribution in [0.4, 0.5) is 11.5 Å². The minimum atomic E-state index is -4.04. The van der Waals surface area contributed by atoms with E-state index >= 15 is 0 Å². The maximum Gasteiger partial charge on any atom is 0.337 e. The molecule has 3 rings (SSSR count). The molecule has 0 bridgehead atoms. The highest BCUT2D eigenvalue weighted by Crippen LogP contribution is 2.25. The van der Waals surface area contributed by atoms with Crippen LogP contribution in [0.2, 0.25) is 0 Å². The van der Waals surface area contributed by atoms with Gasteiger partial charge in [0.2, 0.25) is 0 Å². The number of sulfonamides is 1. The van der Waals surface area contributed by atoms with Crippen molar-refractivity contribution < 1.29 is 18.3 Å². The number of carbonyl (C=O) groups is 1. The number of nitrogen functional groups attached to an aromatic ring is 1. The van der Waals surface area contributed by atoms with Crippen molar-refractivity contribution in [2.75, 3.05) is 10.5 Å².